The maximum absolute atomic E-state index is 11.3. The SMILES string of the molecule is CCC1C(C)OC(=O)C12C(=O)C2=O.[NaH]. The zero-order valence-electron chi connectivity index (χ0n) is 7.49. The number of Topliss-reactive ketones (excluding diaryl/α,β-unsaturated/α-hetero) is 2. The molecule has 1 saturated carbocycles. The van der Waals surface area contributed by atoms with Crippen molar-refractivity contribution in [1.29, 1.82) is 0 Å². The molecule has 2 unspecified atom stereocenters. The molecule has 72 valence electrons. The molecule has 0 radical (unpaired) electrons. The van der Waals surface area contributed by atoms with E-state index in [1.54, 1.807) is 6.92 Å². The van der Waals surface area contributed by atoms with Gasteiger partial charge in [-0.3, -0.25) is 14.4 Å². The summed E-state index contributed by atoms with van der Waals surface area (Å²) in [5.41, 5.74) is -1.38. The number of carbonyl (C=O) groups excluding carboxylic acids is 3. The molecule has 1 heterocycles. The Labute approximate surface area is 104 Å². The average molecular weight is 206 g/mol. The van der Waals surface area contributed by atoms with Gasteiger partial charge in [-0.05, 0) is 13.3 Å². The van der Waals surface area contributed by atoms with Crippen molar-refractivity contribution in [3.8, 4) is 0 Å². The van der Waals surface area contributed by atoms with Crippen LogP contribution < -0.4 is 0 Å². The Hall–Kier alpha value is -0.190. The first-order valence-electron chi connectivity index (χ1n) is 4.37. The molecule has 14 heavy (non-hydrogen) atoms. The third-order valence-corrected chi connectivity index (χ3v) is 3.04. The minimum atomic E-state index is -1.38. The molecule has 0 bridgehead atoms. The average Bonchev–Trinajstić information content (AvgIpc) is 2.53. The fourth-order valence-corrected chi connectivity index (χ4v) is 2.26. The van der Waals surface area contributed by atoms with Crippen molar-refractivity contribution in [3.05, 3.63) is 0 Å². The van der Waals surface area contributed by atoms with E-state index in [1.165, 1.54) is 0 Å². The second-order valence-corrected chi connectivity index (χ2v) is 3.59. The summed E-state index contributed by atoms with van der Waals surface area (Å²) in [7, 11) is 0. The molecule has 0 N–H and O–H groups in total. The number of carbonyl (C=O) groups is 3. The molecule has 1 spiro atoms. The van der Waals surface area contributed by atoms with Crippen LogP contribution in [0.15, 0.2) is 0 Å². The van der Waals surface area contributed by atoms with E-state index >= 15 is 0 Å². The third kappa shape index (κ3) is 1.08. The third-order valence-electron chi connectivity index (χ3n) is 3.04. The summed E-state index contributed by atoms with van der Waals surface area (Å²) in [6, 6.07) is 0. The Kier molecular flexibility index (Phi) is 2.91. The first kappa shape index (κ1) is 11.9. The van der Waals surface area contributed by atoms with E-state index in [4.69, 9.17) is 4.74 Å². The first-order valence-corrected chi connectivity index (χ1v) is 4.37. The molecular weight excluding hydrogens is 195 g/mol. The van der Waals surface area contributed by atoms with Gasteiger partial charge in [0.15, 0.2) is 0 Å². The van der Waals surface area contributed by atoms with Gasteiger partial charge in [0, 0.05) is 5.92 Å². The van der Waals surface area contributed by atoms with Crippen molar-refractivity contribution in [2.75, 3.05) is 0 Å². The second-order valence-electron chi connectivity index (χ2n) is 3.59. The predicted octanol–water partition coefficient (Wildman–Crippen LogP) is -0.552. The van der Waals surface area contributed by atoms with Crippen LogP contribution in [0.25, 0.3) is 0 Å². The quantitative estimate of drug-likeness (QED) is 0.250. The Morgan fingerprint density at radius 2 is 1.79 bits per heavy atom. The molecule has 4 nitrogen and oxygen atoms in total. The Morgan fingerprint density at radius 3 is 2.07 bits per heavy atom. The van der Waals surface area contributed by atoms with Gasteiger partial charge in [-0.2, -0.15) is 0 Å². The summed E-state index contributed by atoms with van der Waals surface area (Å²) < 4.78 is 4.90. The molecule has 2 aliphatic rings. The summed E-state index contributed by atoms with van der Waals surface area (Å²) in [5.74, 6) is -2.01. The number of esters is 1. The van der Waals surface area contributed by atoms with E-state index in [-0.39, 0.29) is 41.6 Å². The monoisotopic (exact) mass is 206 g/mol. The van der Waals surface area contributed by atoms with Gasteiger partial charge in [0.25, 0.3) is 0 Å². The summed E-state index contributed by atoms with van der Waals surface area (Å²) in [5, 5.41) is 0. The number of cyclic esters (lactones) is 1. The zero-order chi connectivity index (χ0) is 9.80. The van der Waals surface area contributed by atoms with Gasteiger partial charge in [-0.25, -0.2) is 0 Å². The molecule has 5 heteroatoms. The fourth-order valence-electron chi connectivity index (χ4n) is 2.26. The Bertz CT molecular complexity index is 309. The van der Waals surface area contributed by atoms with Crippen LogP contribution in [0.3, 0.4) is 0 Å². The molecule has 0 amide bonds. The van der Waals surface area contributed by atoms with Crippen LogP contribution in [0.5, 0.6) is 0 Å². The number of hydrogen-bond donors (Lipinski definition) is 0. The summed E-state index contributed by atoms with van der Waals surface area (Å²) in [6.07, 6.45) is 0.303. The molecular formula is C9H11NaO4. The molecule has 1 aliphatic carbocycles. The number of ketones is 2. The Balaban J connectivity index is 0.000000980. The van der Waals surface area contributed by atoms with Crippen molar-refractivity contribution in [1.82, 2.24) is 0 Å². The molecule has 2 fully saturated rings. The number of hydrogen-bond acceptors (Lipinski definition) is 4. The number of rotatable bonds is 1. The molecule has 0 aromatic carbocycles. The van der Waals surface area contributed by atoms with Crippen molar-refractivity contribution < 1.29 is 19.1 Å². The van der Waals surface area contributed by atoms with E-state index < -0.39 is 23.0 Å². The molecule has 0 aromatic rings. The van der Waals surface area contributed by atoms with Crippen molar-refractivity contribution in [3.63, 3.8) is 0 Å². The van der Waals surface area contributed by atoms with E-state index in [0.29, 0.717) is 6.42 Å². The van der Waals surface area contributed by atoms with Crippen LogP contribution in [-0.2, 0) is 19.1 Å². The standard InChI is InChI=1S/C9H10O4.Na.H/c1-3-5-4(2)13-8(12)9(5)6(10)7(9)11;;/h4-5H,3H2,1-2H3;;. The predicted molar refractivity (Wildman–Crippen MR) is 48.9 cm³/mol. The van der Waals surface area contributed by atoms with E-state index in [0.717, 1.165) is 0 Å². The van der Waals surface area contributed by atoms with Gasteiger partial charge in [0.05, 0.1) is 0 Å². The van der Waals surface area contributed by atoms with E-state index in [1.807, 2.05) is 6.92 Å². The summed E-state index contributed by atoms with van der Waals surface area (Å²) in [6.45, 7) is 3.57. The minimum absolute atomic E-state index is 0. The van der Waals surface area contributed by atoms with Gasteiger partial charge in [-0.1, -0.05) is 6.92 Å². The molecule has 1 saturated heterocycles. The van der Waals surface area contributed by atoms with Gasteiger partial charge in [0.1, 0.15) is 6.10 Å². The van der Waals surface area contributed by atoms with Crippen LogP contribution in [-0.4, -0.2) is 53.2 Å². The molecule has 2 rings (SSSR count). The summed E-state index contributed by atoms with van der Waals surface area (Å²) in [4.78, 5) is 33.5. The van der Waals surface area contributed by atoms with Gasteiger partial charge >= 0.3 is 35.5 Å². The topological polar surface area (TPSA) is 60.4 Å². The summed E-state index contributed by atoms with van der Waals surface area (Å²) >= 11 is 0. The van der Waals surface area contributed by atoms with Crippen LogP contribution in [0.4, 0.5) is 0 Å². The van der Waals surface area contributed by atoms with Gasteiger partial charge in [-0.15, -0.1) is 0 Å². The van der Waals surface area contributed by atoms with Crippen LogP contribution in [0.2, 0.25) is 0 Å². The van der Waals surface area contributed by atoms with Crippen molar-refractivity contribution in [2.24, 2.45) is 11.3 Å². The van der Waals surface area contributed by atoms with Gasteiger partial charge < -0.3 is 4.74 Å². The normalized spacial score (nSPS) is 32.9. The Morgan fingerprint density at radius 1 is 1.29 bits per heavy atom. The number of ether oxygens (including phenoxy) is 1. The van der Waals surface area contributed by atoms with Gasteiger partial charge in [0.2, 0.25) is 17.0 Å². The van der Waals surface area contributed by atoms with Crippen molar-refractivity contribution >= 4 is 47.1 Å². The van der Waals surface area contributed by atoms with Crippen LogP contribution >= 0.6 is 0 Å². The molecule has 0 aromatic heterocycles. The van der Waals surface area contributed by atoms with E-state index in [2.05, 4.69) is 0 Å². The van der Waals surface area contributed by atoms with Crippen molar-refractivity contribution in [2.45, 2.75) is 26.4 Å². The first-order chi connectivity index (χ1) is 6.06. The van der Waals surface area contributed by atoms with E-state index in [9.17, 15) is 14.4 Å². The second kappa shape index (κ2) is 3.43. The fraction of sp³-hybridized carbons (Fsp3) is 0.667. The van der Waals surface area contributed by atoms with Crippen LogP contribution in [0.1, 0.15) is 20.3 Å². The van der Waals surface area contributed by atoms with Crippen LogP contribution in [0, 0.1) is 11.3 Å². The zero-order valence-corrected chi connectivity index (χ0v) is 7.49. The molecule has 2 atom stereocenters. The maximum atomic E-state index is 11.3. The molecule has 1 aliphatic heterocycles.